The molecule has 0 fully saturated rings. The van der Waals surface area contributed by atoms with Crippen molar-refractivity contribution in [2.24, 2.45) is 0 Å². The summed E-state index contributed by atoms with van der Waals surface area (Å²) in [6.45, 7) is 6.99. The molecule has 1 aromatic rings. The Morgan fingerprint density at radius 3 is 2.67 bits per heavy atom. The minimum atomic E-state index is 0.220. The van der Waals surface area contributed by atoms with E-state index in [1.807, 2.05) is 0 Å². The number of halogens is 1. The molecule has 1 rings (SSSR count). The Hall–Kier alpha value is -0.380. The summed E-state index contributed by atoms with van der Waals surface area (Å²) >= 11 is 3.57. The van der Waals surface area contributed by atoms with Gasteiger partial charge in [-0.3, -0.25) is 4.90 Å². The first-order chi connectivity index (χ1) is 7.17. The Labute approximate surface area is 100 Å². The lowest BCUT2D eigenvalue weighted by Gasteiger charge is -2.20. The van der Waals surface area contributed by atoms with Gasteiger partial charge in [-0.1, -0.05) is 35.0 Å². The van der Waals surface area contributed by atoms with Crippen LogP contribution in [0, 0.1) is 6.92 Å². The van der Waals surface area contributed by atoms with Crippen LogP contribution in [0.5, 0.6) is 0 Å². The molecule has 0 saturated carbocycles. The van der Waals surface area contributed by atoms with Crippen molar-refractivity contribution in [1.29, 1.82) is 0 Å². The third-order valence-electron chi connectivity index (χ3n) is 2.47. The lowest BCUT2D eigenvalue weighted by atomic mass is 10.1. The average Bonchev–Trinajstić information content (AvgIpc) is 2.21. The molecule has 0 atom stereocenters. The summed E-state index contributed by atoms with van der Waals surface area (Å²) in [5.74, 6) is 0. The van der Waals surface area contributed by atoms with Crippen molar-refractivity contribution in [3.8, 4) is 0 Å². The molecule has 0 saturated heterocycles. The van der Waals surface area contributed by atoms with Crippen LogP contribution in [0.1, 0.15) is 18.1 Å². The van der Waals surface area contributed by atoms with E-state index in [0.29, 0.717) is 0 Å². The first-order valence-electron chi connectivity index (χ1n) is 5.25. The van der Waals surface area contributed by atoms with Gasteiger partial charge in [-0.2, -0.15) is 0 Å². The maximum atomic E-state index is 8.91. The first-order valence-corrected chi connectivity index (χ1v) is 6.05. The number of aryl methyl sites for hydroxylation is 1. The van der Waals surface area contributed by atoms with Gasteiger partial charge in [0.1, 0.15) is 0 Å². The zero-order chi connectivity index (χ0) is 11.3. The molecule has 0 heterocycles. The fourth-order valence-corrected chi connectivity index (χ4v) is 2.13. The average molecular weight is 272 g/mol. The van der Waals surface area contributed by atoms with Gasteiger partial charge < -0.3 is 5.11 Å². The summed E-state index contributed by atoms with van der Waals surface area (Å²) in [7, 11) is 0. The van der Waals surface area contributed by atoms with Crippen molar-refractivity contribution < 1.29 is 5.11 Å². The van der Waals surface area contributed by atoms with Crippen LogP contribution in [-0.2, 0) is 6.54 Å². The number of hydrogen-bond acceptors (Lipinski definition) is 2. The highest BCUT2D eigenvalue weighted by Crippen LogP contribution is 2.19. The van der Waals surface area contributed by atoms with E-state index in [1.165, 1.54) is 11.1 Å². The number of hydrogen-bond donors (Lipinski definition) is 1. The third kappa shape index (κ3) is 3.93. The van der Waals surface area contributed by atoms with Crippen LogP contribution in [-0.4, -0.2) is 29.7 Å². The standard InChI is InChI=1S/C12H18BrNO/c1-3-14(6-7-15)9-11-5-4-10(2)8-12(11)13/h4-5,8,15H,3,6-7,9H2,1-2H3. The van der Waals surface area contributed by atoms with Gasteiger partial charge in [-0.25, -0.2) is 0 Å². The normalized spacial score (nSPS) is 11.0. The lowest BCUT2D eigenvalue weighted by Crippen LogP contribution is -2.26. The van der Waals surface area contributed by atoms with E-state index in [-0.39, 0.29) is 6.61 Å². The van der Waals surface area contributed by atoms with E-state index < -0.39 is 0 Å². The molecule has 0 bridgehead atoms. The predicted octanol–water partition coefficient (Wildman–Crippen LogP) is 2.57. The summed E-state index contributed by atoms with van der Waals surface area (Å²) < 4.78 is 1.15. The lowest BCUT2D eigenvalue weighted by molar-refractivity contribution is 0.196. The summed E-state index contributed by atoms with van der Waals surface area (Å²) in [6, 6.07) is 6.38. The minimum absolute atomic E-state index is 0.220. The van der Waals surface area contributed by atoms with Crippen molar-refractivity contribution in [2.45, 2.75) is 20.4 Å². The van der Waals surface area contributed by atoms with Gasteiger partial charge in [0.05, 0.1) is 6.61 Å². The van der Waals surface area contributed by atoms with Crippen LogP contribution in [0.2, 0.25) is 0 Å². The first kappa shape index (κ1) is 12.7. The number of aliphatic hydroxyl groups is 1. The second-order valence-corrected chi connectivity index (χ2v) is 4.54. The van der Waals surface area contributed by atoms with Crippen molar-refractivity contribution in [2.75, 3.05) is 19.7 Å². The van der Waals surface area contributed by atoms with E-state index in [4.69, 9.17) is 5.11 Å². The van der Waals surface area contributed by atoms with Crippen LogP contribution >= 0.6 is 15.9 Å². The van der Waals surface area contributed by atoms with Crippen LogP contribution in [0.4, 0.5) is 0 Å². The van der Waals surface area contributed by atoms with Crippen LogP contribution < -0.4 is 0 Å². The summed E-state index contributed by atoms with van der Waals surface area (Å²) in [6.07, 6.45) is 0. The van der Waals surface area contributed by atoms with Gasteiger partial charge in [0.25, 0.3) is 0 Å². The Kier molecular flexibility index (Phi) is 5.29. The molecule has 84 valence electrons. The van der Waals surface area contributed by atoms with E-state index in [1.54, 1.807) is 0 Å². The number of aliphatic hydroxyl groups excluding tert-OH is 1. The summed E-state index contributed by atoms with van der Waals surface area (Å²) in [4.78, 5) is 2.22. The van der Waals surface area contributed by atoms with E-state index in [9.17, 15) is 0 Å². The molecule has 2 nitrogen and oxygen atoms in total. The zero-order valence-corrected chi connectivity index (χ0v) is 10.9. The molecule has 15 heavy (non-hydrogen) atoms. The number of rotatable bonds is 5. The SMILES string of the molecule is CCN(CCO)Cc1ccc(C)cc1Br. The van der Waals surface area contributed by atoms with E-state index in [2.05, 4.69) is 52.9 Å². The molecular formula is C12H18BrNO. The van der Waals surface area contributed by atoms with Gasteiger partial charge in [0.2, 0.25) is 0 Å². The molecule has 0 amide bonds. The van der Waals surface area contributed by atoms with Crippen molar-refractivity contribution in [3.63, 3.8) is 0 Å². The quantitative estimate of drug-likeness (QED) is 0.890. The van der Waals surface area contributed by atoms with Gasteiger partial charge >= 0.3 is 0 Å². The van der Waals surface area contributed by atoms with Crippen LogP contribution in [0.3, 0.4) is 0 Å². The van der Waals surface area contributed by atoms with Gasteiger partial charge in [0, 0.05) is 17.6 Å². The molecule has 0 unspecified atom stereocenters. The molecule has 0 aliphatic carbocycles. The molecule has 1 N–H and O–H groups in total. The Bertz CT molecular complexity index is 314. The van der Waals surface area contributed by atoms with Crippen molar-refractivity contribution in [1.82, 2.24) is 4.90 Å². The maximum absolute atomic E-state index is 8.91. The van der Waals surface area contributed by atoms with Crippen LogP contribution in [0.25, 0.3) is 0 Å². The largest absolute Gasteiger partial charge is 0.395 e. The molecular weight excluding hydrogens is 254 g/mol. The predicted molar refractivity (Wildman–Crippen MR) is 66.9 cm³/mol. The Morgan fingerprint density at radius 1 is 1.40 bits per heavy atom. The highest BCUT2D eigenvalue weighted by Gasteiger charge is 2.05. The number of nitrogens with zero attached hydrogens (tertiary/aromatic N) is 1. The molecule has 0 spiro atoms. The van der Waals surface area contributed by atoms with E-state index >= 15 is 0 Å². The van der Waals surface area contributed by atoms with Crippen molar-refractivity contribution in [3.05, 3.63) is 33.8 Å². The molecule has 0 aliphatic rings. The number of likely N-dealkylation sites (N-methyl/N-ethyl adjacent to an activating group) is 1. The van der Waals surface area contributed by atoms with Gasteiger partial charge in [-0.05, 0) is 30.7 Å². The highest BCUT2D eigenvalue weighted by atomic mass is 79.9. The van der Waals surface area contributed by atoms with Gasteiger partial charge in [-0.15, -0.1) is 0 Å². The van der Waals surface area contributed by atoms with Crippen LogP contribution in [0.15, 0.2) is 22.7 Å². The van der Waals surface area contributed by atoms with E-state index in [0.717, 1.165) is 24.1 Å². The smallest absolute Gasteiger partial charge is 0.0558 e. The number of benzene rings is 1. The fourth-order valence-electron chi connectivity index (χ4n) is 1.51. The molecule has 0 aliphatic heterocycles. The molecule has 3 heteroatoms. The minimum Gasteiger partial charge on any atom is -0.395 e. The third-order valence-corrected chi connectivity index (χ3v) is 3.20. The summed E-state index contributed by atoms with van der Waals surface area (Å²) in [5, 5.41) is 8.91. The van der Waals surface area contributed by atoms with Crippen molar-refractivity contribution >= 4 is 15.9 Å². The second-order valence-electron chi connectivity index (χ2n) is 3.69. The molecule has 1 aromatic carbocycles. The fraction of sp³-hybridized carbons (Fsp3) is 0.500. The summed E-state index contributed by atoms with van der Waals surface area (Å²) in [5.41, 5.74) is 2.53. The second kappa shape index (κ2) is 6.26. The zero-order valence-electron chi connectivity index (χ0n) is 9.33. The topological polar surface area (TPSA) is 23.5 Å². The Balaban J connectivity index is 2.70. The molecule has 0 radical (unpaired) electrons. The monoisotopic (exact) mass is 271 g/mol. The Morgan fingerprint density at radius 2 is 2.13 bits per heavy atom. The van der Waals surface area contributed by atoms with Gasteiger partial charge in [0.15, 0.2) is 0 Å². The molecule has 0 aromatic heterocycles. The highest BCUT2D eigenvalue weighted by molar-refractivity contribution is 9.10. The maximum Gasteiger partial charge on any atom is 0.0558 e.